The number of hydrogen-bond donors (Lipinski definition) is 2. The average Bonchev–Trinajstić information content (AvgIpc) is 2.14. The highest BCUT2D eigenvalue weighted by Gasteiger charge is 2.23. The minimum absolute atomic E-state index is 0.134. The van der Waals surface area contributed by atoms with Gasteiger partial charge in [0, 0.05) is 19.1 Å². The number of nitrogens with one attached hydrogen (secondary N) is 1. The van der Waals surface area contributed by atoms with Gasteiger partial charge >= 0.3 is 0 Å². The Kier molecular flexibility index (Phi) is 3.92. The maximum absolute atomic E-state index is 11.2. The zero-order valence-corrected chi connectivity index (χ0v) is 9.92. The van der Waals surface area contributed by atoms with Crippen molar-refractivity contribution in [2.75, 3.05) is 24.6 Å². The molecule has 0 unspecified atom stereocenters. The Balaban J connectivity index is 2.66. The zero-order valence-electron chi connectivity index (χ0n) is 9.10. The maximum Gasteiger partial charge on any atom is 0.208 e. The lowest BCUT2D eigenvalue weighted by Crippen LogP contribution is -2.51. The largest absolute Gasteiger partial charge is 0.340 e. The maximum atomic E-state index is 11.2. The number of nitrogens with two attached hydrogens (primary N) is 1. The van der Waals surface area contributed by atoms with E-state index in [0.717, 1.165) is 0 Å². The number of aliphatic imine (C=N–C) groups is 1. The average molecular weight is 234 g/mol. The molecule has 3 N–H and O–H groups in total. The van der Waals surface area contributed by atoms with E-state index in [0.29, 0.717) is 19.0 Å². The van der Waals surface area contributed by atoms with Crippen molar-refractivity contribution >= 4 is 15.8 Å². The molecule has 1 aliphatic heterocycles. The second kappa shape index (κ2) is 4.80. The van der Waals surface area contributed by atoms with E-state index in [1.54, 1.807) is 0 Å². The molecule has 0 aromatic rings. The molecule has 0 aromatic carbocycles. The van der Waals surface area contributed by atoms with E-state index in [9.17, 15) is 8.42 Å². The normalized spacial score (nSPS) is 21.9. The first-order chi connectivity index (χ1) is 6.94. The fourth-order valence-electron chi connectivity index (χ4n) is 1.38. The molecule has 7 heteroatoms. The van der Waals surface area contributed by atoms with Gasteiger partial charge in [0.15, 0.2) is 9.84 Å². The molecular formula is C8H18N4O2S. The fourth-order valence-corrected chi connectivity index (χ4v) is 2.58. The van der Waals surface area contributed by atoms with Crippen LogP contribution in [0.1, 0.15) is 13.8 Å². The molecule has 88 valence electrons. The molecule has 6 nitrogen and oxygen atoms in total. The molecule has 0 aliphatic carbocycles. The van der Waals surface area contributed by atoms with Crippen molar-refractivity contribution in [3.05, 3.63) is 0 Å². The zero-order chi connectivity index (χ0) is 11.5. The summed E-state index contributed by atoms with van der Waals surface area (Å²) in [6.07, 6.45) is 0. The second-order valence-corrected chi connectivity index (χ2v) is 6.13. The molecule has 1 saturated heterocycles. The first-order valence-electron chi connectivity index (χ1n) is 4.94. The van der Waals surface area contributed by atoms with Crippen LogP contribution in [-0.2, 0) is 9.84 Å². The molecule has 1 fully saturated rings. The van der Waals surface area contributed by atoms with E-state index in [2.05, 4.69) is 10.4 Å². The number of hydrogen-bond acceptors (Lipinski definition) is 4. The first kappa shape index (κ1) is 12.3. The third-order valence-corrected chi connectivity index (χ3v) is 3.76. The number of rotatable bonds is 1. The quantitative estimate of drug-likeness (QED) is 0.261. The number of guanidine groups is 1. The van der Waals surface area contributed by atoms with Gasteiger partial charge in [-0.1, -0.05) is 0 Å². The summed E-state index contributed by atoms with van der Waals surface area (Å²) in [7, 11) is -2.85. The first-order valence-corrected chi connectivity index (χ1v) is 6.76. The van der Waals surface area contributed by atoms with Crippen LogP contribution in [0.25, 0.3) is 0 Å². The van der Waals surface area contributed by atoms with E-state index in [-0.39, 0.29) is 17.5 Å². The Morgan fingerprint density at radius 1 is 1.40 bits per heavy atom. The van der Waals surface area contributed by atoms with Crippen LogP contribution in [0.15, 0.2) is 4.99 Å². The van der Waals surface area contributed by atoms with Crippen LogP contribution in [0.5, 0.6) is 0 Å². The molecule has 1 heterocycles. The lowest BCUT2D eigenvalue weighted by atomic mass is 10.4. The topological polar surface area (TPSA) is 87.8 Å². The van der Waals surface area contributed by atoms with Crippen molar-refractivity contribution in [3.8, 4) is 0 Å². The van der Waals surface area contributed by atoms with E-state index in [1.165, 1.54) is 0 Å². The van der Waals surface area contributed by atoms with Gasteiger partial charge in [0.05, 0.1) is 11.5 Å². The molecule has 0 saturated carbocycles. The van der Waals surface area contributed by atoms with Gasteiger partial charge in [-0.3, -0.25) is 5.43 Å². The Bertz CT molecular complexity index is 323. The molecule has 15 heavy (non-hydrogen) atoms. The van der Waals surface area contributed by atoms with Crippen LogP contribution in [0.4, 0.5) is 0 Å². The lowest BCUT2D eigenvalue weighted by molar-refractivity contribution is 0.424. The standard InChI is InChI=1S/C8H18N4O2S/c1-7(2)10-8(11-9)12-3-5-15(13,14)6-4-12/h7H,3-6,9H2,1-2H3,(H,10,11). The molecule has 0 aromatic heterocycles. The summed E-state index contributed by atoms with van der Waals surface area (Å²) in [5, 5.41) is 0. The van der Waals surface area contributed by atoms with Crippen molar-refractivity contribution in [2.45, 2.75) is 19.9 Å². The van der Waals surface area contributed by atoms with E-state index >= 15 is 0 Å². The van der Waals surface area contributed by atoms with Crippen LogP contribution < -0.4 is 11.3 Å². The highest BCUT2D eigenvalue weighted by Crippen LogP contribution is 2.04. The van der Waals surface area contributed by atoms with Gasteiger partial charge < -0.3 is 4.90 Å². The third kappa shape index (κ3) is 3.67. The molecule has 0 atom stereocenters. The number of sulfone groups is 1. The predicted octanol–water partition coefficient (Wildman–Crippen LogP) is -1.06. The van der Waals surface area contributed by atoms with Crippen LogP contribution in [0, 0.1) is 0 Å². The van der Waals surface area contributed by atoms with Gasteiger partial charge in [0.25, 0.3) is 0 Å². The van der Waals surface area contributed by atoms with Gasteiger partial charge in [-0.15, -0.1) is 0 Å². The third-order valence-electron chi connectivity index (χ3n) is 2.15. The molecule has 1 rings (SSSR count). The molecule has 0 spiro atoms. The highest BCUT2D eigenvalue weighted by molar-refractivity contribution is 7.91. The summed E-state index contributed by atoms with van der Waals surface area (Å²) in [5.74, 6) is 6.26. The molecule has 0 bridgehead atoms. The van der Waals surface area contributed by atoms with Crippen molar-refractivity contribution in [3.63, 3.8) is 0 Å². The van der Waals surface area contributed by atoms with Crippen molar-refractivity contribution < 1.29 is 8.42 Å². The van der Waals surface area contributed by atoms with Gasteiger partial charge in [0.1, 0.15) is 0 Å². The van der Waals surface area contributed by atoms with Crippen molar-refractivity contribution in [1.29, 1.82) is 0 Å². The number of nitrogens with zero attached hydrogens (tertiary/aromatic N) is 2. The second-order valence-electron chi connectivity index (χ2n) is 3.83. The smallest absolute Gasteiger partial charge is 0.208 e. The summed E-state index contributed by atoms with van der Waals surface area (Å²) in [6, 6.07) is 0.134. The van der Waals surface area contributed by atoms with Gasteiger partial charge in [-0.2, -0.15) is 0 Å². The Morgan fingerprint density at radius 2 is 1.93 bits per heavy atom. The Hall–Kier alpha value is -0.820. The Labute approximate surface area is 90.4 Å². The summed E-state index contributed by atoms with van der Waals surface area (Å²) in [4.78, 5) is 6.14. The van der Waals surface area contributed by atoms with Crippen LogP contribution in [-0.4, -0.2) is 49.9 Å². The predicted molar refractivity (Wildman–Crippen MR) is 60.1 cm³/mol. The van der Waals surface area contributed by atoms with E-state index < -0.39 is 9.84 Å². The number of hydrazine groups is 1. The molecule has 0 radical (unpaired) electrons. The van der Waals surface area contributed by atoms with Gasteiger partial charge in [-0.25, -0.2) is 19.3 Å². The van der Waals surface area contributed by atoms with E-state index in [4.69, 9.17) is 5.84 Å². The van der Waals surface area contributed by atoms with Crippen molar-refractivity contribution in [2.24, 2.45) is 10.8 Å². The van der Waals surface area contributed by atoms with Gasteiger partial charge in [-0.05, 0) is 13.8 Å². The van der Waals surface area contributed by atoms with Crippen LogP contribution in [0.3, 0.4) is 0 Å². The highest BCUT2D eigenvalue weighted by atomic mass is 32.2. The van der Waals surface area contributed by atoms with E-state index in [1.807, 2.05) is 18.7 Å². The SMILES string of the molecule is CC(C)N=C(NN)N1CCS(=O)(=O)CC1. The summed E-state index contributed by atoms with van der Waals surface area (Å²) >= 11 is 0. The molecule has 1 aliphatic rings. The van der Waals surface area contributed by atoms with Gasteiger partial charge in [0.2, 0.25) is 5.96 Å². The summed E-state index contributed by atoms with van der Waals surface area (Å²) in [6.45, 7) is 4.80. The summed E-state index contributed by atoms with van der Waals surface area (Å²) in [5.41, 5.74) is 2.51. The summed E-state index contributed by atoms with van der Waals surface area (Å²) < 4.78 is 22.4. The molecular weight excluding hydrogens is 216 g/mol. The van der Waals surface area contributed by atoms with Crippen molar-refractivity contribution in [1.82, 2.24) is 10.3 Å². The molecule has 0 amide bonds. The lowest BCUT2D eigenvalue weighted by Gasteiger charge is -2.29. The fraction of sp³-hybridized carbons (Fsp3) is 0.875. The van der Waals surface area contributed by atoms with Crippen LogP contribution >= 0.6 is 0 Å². The minimum Gasteiger partial charge on any atom is -0.340 e. The van der Waals surface area contributed by atoms with Crippen LogP contribution in [0.2, 0.25) is 0 Å². The minimum atomic E-state index is -2.85. The monoisotopic (exact) mass is 234 g/mol. The Morgan fingerprint density at radius 3 is 2.33 bits per heavy atom.